The van der Waals surface area contributed by atoms with Gasteiger partial charge in [-0.05, 0) is 63.2 Å². The lowest BCUT2D eigenvalue weighted by Crippen LogP contribution is -2.12. The minimum absolute atomic E-state index is 0.0376. The number of aromatic nitrogens is 1. The zero-order chi connectivity index (χ0) is 18.7. The van der Waals surface area contributed by atoms with Crippen LogP contribution < -0.4 is 4.74 Å². The zero-order valence-electron chi connectivity index (χ0n) is 15.1. The molecule has 3 aromatic rings. The fourth-order valence-corrected chi connectivity index (χ4v) is 2.99. The Hall–Kier alpha value is -3.32. The summed E-state index contributed by atoms with van der Waals surface area (Å²) in [6.45, 7) is 5.95. The van der Waals surface area contributed by atoms with Crippen molar-refractivity contribution in [2.24, 2.45) is 0 Å². The molecule has 0 saturated carbocycles. The first-order valence-electron chi connectivity index (χ1n) is 8.41. The summed E-state index contributed by atoms with van der Waals surface area (Å²) < 4.78 is 7.66. The van der Waals surface area contributed by atoms with E-state index in [1.807, 2.05) is 19.9 Å². The van der Waals surface area contributed by atoms with E-state index in [0.29, 0.717) is 16.9 Å². The Kier molecular flexibility index (Phi) is 4.90. The fourth-order valence-electron chi connectivity index (χ4n) is 2.99. The first kappa shape index (κ1) is 17.5. The summed E-state index contributed by atoms with van der Waals surface area (Å²) in [5, 5.41) is 8.82. The second-order valence-corrected chi connectivity index (χ2v) is 6.30. The highest BCUT2D eigenvalue weighted by molar-refractivity contribution is 5.98. The van der Waals surface area contributed by atoms with Crippen LogP contribution in [0.2, 0.25) is 0 Å². The smallest absolute Gasteiger partial charge is 0.202 e. The second kappa shape index (κ2) is 7.28. The van der Waals surface area contributed by atoms with E-state index >= 15 is 0 Å². The summed E-state index contributed by atoms with van der Waals surface area (Å²) in [7, 11) is 0. The number of ketones is 1. The minimum atomic E-state index is -0.0687. The van der Waals surface area contributed by atoms with Crippen molar-refractivity contribution in [3.05, 3.63) is 82.7 Å². The lowest BCUT2D eigenvalue weighted by molar-refractivity contribution is 0.0921. The maximum Gasteiger partial charge on any atom is 0.202 e. The maximum atomic E-state index is 12.6. The SMILES string of the molecule is Cc1ccc(-n2c(C)cc(C(=O)COc3ccc(C#N)cc3)c2C)cc1. The van der Waals surface area contributed by atoms with Crippen LogP contribution in [0.3, 0.4) is 0 Å². The third kappa shape index (κ3) is 3.52. The predicted molar refractivity (Wildman–Crippen MR) is 101 cm³/mol. The monoisotopic (exact) mass is 344 g/mol. The van der Waals surface area contributed by atoms with Gasteiger partial charge in [0.05, 0.1) is 11.6 Å². The van der Waals surface area contributed by atoms with Crippen molar-refractivity contribution >= 4 is 5.78 Å². The first-order chi connectivity index (χ1) is 12.5. The lowest BCUT2D eigenvalue weighted by atomic mass is 10.1. The van der Waals surface area contributed by atoms with Gasteiger partial charge in [0, 0.05) is 22.6 Å². The molecule has 0 saturated heterocycles. The third-order valence-electron chi connectivity index (χ3n) is 4.38. The molecule has 26 heavy (non-hydrogen) atoms. The van der Waals surface area contributed by atoms with Crippen molar-refractivity contribution < 1.29 is 9.53 Å². The van der Waals surface area contributed by atoms with Gasteiger partial charge in [0.1, 0.15) is 5.75 Å². The molecule has 0 spiro atoms. The van der Waals surface area contributed by atoms with Gasteiger partial charge in [0.15, 0.2) is 6.61 Å². The molecule has 0 aliphatic heterocycles. The van der Waals surface area contributed by atoms with Crippen molar-refractivity contribution in [1.29, 1.82) is 5.26 Å². The van der Waals surface area contributed by atoms with Gasteiger partial charge in [-0.1, -0.05) is 17.7 Å². The van der Waals surface area contributed by atoms with E-state index in [-0.39, 0.29) is 12.4 Å². The zero-order valence-corrected chi connectivity index (χ0v) is 15.1. The molecule has 0 unspecified atom stereocenters. The highest BCUT2D eigenvalue weighted by Gasteiger charge is 2.17. The number of nitrogens with zero attached hydrogens (tertiary/aromatic N) is 2. The Morgan fingerprint density at radius 1 is 1.04 bits per heavy atom. The standard InChI is InChI=1S/C22H20N2O2/c1-15-4-8-19(9-5-15)24-16(2)12-21(17(24)3)22(25)14-26-20-10-6-18(13-23)7-11-20/h4-12H,14H2,1-3H3. The molecule has 130 valence electrons. The topological polar surface area (TPSA) is 55.0 Å². The van der Waals surface area contributed by atoms with Gasteiger partial charge in [0.25, 0.3) is 0 Å². The number of nitriles is 1. The van der Waals surface area contributed by atoms with Crippen LogP contribution in [0, 0.1) is 32.1 Å². The van der Waals surface area contributed by atoms with Crippen LogP contribution in [0.25, 0.3) is 5.69 Å². The summed E-state index contributed by atoms with van der Waals surface area (Å²) in [4.78, 5) is 12.6. The van der Waals surface area contributed by atoms with E-state index in [1.54, 1.807) is 24.3 Å². The predicted octanol–water partition coefficient (Wildman–Crippen LogP) is 4.54. The molecule has 0 aliphatic carbocycles. The average molecular weight is 344 g/mol. The van der Waals surface area contributed by atoms with Crippen LogP contribution in [-0.2, 0) is 0 Å². The van der Waals surface area contributed by atoms with E-state index in [2.05, 4.69) is 41.8 Å². The largest absolute Gasteiger partial charge is 0.485 e. The Morgan fingerprint density at radius 2 is 1.69 bits per heavy atom. The van der Waals surface area contributed by atoms with E-state index in [9.17, 15) is 4.79 Å². The highest BCUT2D eigenvalue weighted by atomic mass is 16.5. The molecular formula is C22H20N2O2. The van der Waals surface area contributed by atoms with Crippen LogP contribution in [0.15, 0.2) is 54.6 Å². The van der Waals surface area contributed by atoms with Crippen molar-refractivity contribution in [3.63, 3.8) is 0 Å². The molecule has 2 aromatic carbocycles. The molecule has 3 rings (SSSR count). The van der Waals surface area contributed by atoms with Crippen molar-refractivity contribution in [1.82, 2.24) is 4.57 Å². The van der Waals surface area contributed by atoms with Gasteiger partial charge in [-0.15, -0.1) is 0 Å². The molecule has 4 nitrogen and oxygen atoms in total. The van der Waals surface area contributed by atoms with E-state index < -0.39 is 0 Å². The summed E-state index contributed by atoms with van der Waals surface area (Å²) in [6.07, 6.45) is 0. The molecule has 0 bridgehead atoms. The third-order valence-corrected chi connectivity index (χ3v) is 4.38. The normalized spacial score (nSPS) is 10.4. The van der Waals surface area contributed by atoms with Gasteiger partial charge in [0.2, 0.25) is 5.78 Å². The summed E-state index contributed by atoms with van der Waals surface area (Å²) in [5.41, 5.74) is 5.37. The number of ether oxygens (including phenoxy) is 1. The molecule has 0 N–H and O–H groups in total. The fraction of sp³-hybridized carbons (Fsp3) is 0.182. The number of rotatable bonds is 5. The van der Waals surface area contributed by atoms with Gasteiger partial charge >= 0.3 is 0 Å². The van der Waals surface area contributed by atoms with Crippen molar-refractivity contribution in [3.8, 4) is 17.5 Å². The van der Waals surface area contributed by atoms with Gasteiger partial charge in [-0.25, -0.2) is 0 Å². The second-order valence-electron chi connectivity index (χ2n) is 6.30. The van der Waals surface area contributed by atoms with Crippen molar-refractivity contribution in [2.45, 2.75) is 20.8 Å². The van der Waals surface area contributed by atoms with Crippen LogP contribution in [0.1, 0.15) is 32.9 Å². The number of Topliss-reactive ketones (excluding diaryl/α,β-unsaturated/α-hetero) is 1. The Labute approximate surface area is 153 Å². The van der Waals surface area contributed by atoms with E-state index in [4.69, 9.17) is 10.00 Å². The number of benzene rings is 2. The van der Waals surface area contributed by atoms with Crippen LogP contribution in [0.4, 0.5) is 0 Å². The maximum absolute atomic E-state index is 12.6. The molecule has 0 amide bonds. The van der Waals surface area contributed by atoms with E-state index in [0.717, 1.165) is 17.1 Å². The van der Waals surface area contributed by atoms with Crippen LogP contribution in [0.5, 0.6) is 5.75 Å². The number of carbonyl (C=O) groups is 1. The molecule has 4 heteroatoms. The Balaban J connectivity index is 1.78. The van der Waals surface area contributed by atoms with E-state index in [1.165, 1.54) is 5.56 Å². The quantitative estimate of drug-likeness (QED) is 0.639. The number of aryl methyl sites for hydroxylation is 2. The number of hydrogen-bond acceptors (Lipinski definition) is 3. The molecule has 0 radical (unpaired) electrons. The molecule has 1 heterocycles. The first-order valence-corrected chi connectivity index (χ1v) is 8.41. The highest BCUT2D eigenvalue weighted by Crippen LogP contribution is 2.22. The lowest BCUT2D eigenvalue weighted by Gasteiger charge is -2.10. The van der Waals surface area contributed by atoms with Gasteiger partial charge in [-0.3, -0.25) is 4.79 Å². The summed E-state index contributed by atoms with van der Waals surface area (Å²) in [5.74, 6) is 0.505. The van der Waals surface area contributed by atoms with Crippen molar-refractivity contribution in [2.75, 3.05) is 6.61 Å². The van der Waals surface area contributed by atoms with Gasteiger partial charge in [-0.2, -0.15) is 5.26 Å². The Bertz CT molecular complexity index is 975. The molecular weight excluding hydrogens is 324 g/mol. The number of hydrogen-bond donors (Lipinski definition) is 0. The summed E-state index contributed by atoms with van der Waals surface area (Å²) >= 11 is 0. The molecule has 0 fully saturated rings. The average Bonchev–Trinajstić information content (AvgIpc) is 2.95. The van der Waals surface area contributed by atoms with Gasteiger partial charge < -0.3 is 9.30 Å². The summed E-state index contributed by atoms with van der Waals surface area (Å²) in [6, 6.07) is 18.9. The van der Waals surface area contributed by atoms with Crippen LogP contribution >= 0.6 is 0 Å². The Morgan fingerprint density at radius 3 is 2.31 bits per heavy atom. The molecule has 0 atom stereocenters. The van der Waals surface area contributed by atoms with Crippen LogP contribution in [-0.4, -0.2) is 17.0 Å². The molecule has 0 aliphatic rings. The minimum Gasteiger partial charge on any atom is -0.485 e. The molecule has 1 aromatic heterocycles. The number of carbonyl (C=O) groups excluding carboxylic acids is 1.